The van der Waals surface area contributed by atoms with E-state index in [1.165, 1.54) is 22.5 Å². The summed E-state index contributed by atoms with van der Waals surface area (Å²) in [5, 5.41) is 2.99. The molecule has 6 nitrogen and oxygen atoms in total. The van der Waals surface area contributed by atoms with Gasteiger partial charge in [0.05, 0.1) is 11.9 Å². The molecule has 0 bridgehead atoms. The number of rotatable bonds is 10. The van der Waals surface area contributed by atoms with Crippen molar-refractivity contribution < 1.29 is 17.9 Å². The fraction of sp³-hybridized carbons (Fsp3) is 0.435. The lowest BCUT2D eigenvalue weighted by molar-refractivity contribution is -0.128. The van der Waals surface area contributed by atoms with Crippen molar-refractivity contribution in [2.45, 2.75) is 52.7 Å². The Balaban J connectivity index is 2.03. The topological polar surface area (TPSA) is 75.7 Å². The van der Waals surface area contributed by atoms with E-state index < -0.39 is 16.1 Å². The highest BCUT2D eigenvalue weighted by Gasteiger charge is 2.19. The van der Waals surface area contributed by atoms with E-state index in [0.29, 0.717) is 24.4 Å². The van der Waals surface area contributed by atoms with E-state index >= 15 is 0 Å². The minimum absolute atomic E-state index is 0.168. The van der Waals surface area contributed by atoms with Gasteiger partial charge in [-0.3, -0.25) is 9.10 Å². The average molecular weight is 433 g/mol. The van der Waals surface area contributed by atoms with Crippen molar-refractivity contribution in [2.75, 3.05) is 17.6 Å². The zero-order chi connectivity index (χ0) is 22.3. The second-order valence-electron chi connectivity index (χ2n) is 7.27. The van der Waals surface area contributed by atoms with Crippen LogP contribution in [0.3, 0.4) is 0 Å². The normalized spacial score (nSPS) is 12.3. The number of hydrogen-bond acceptors (Lipinski definition) is 4. The van der Waals surface area contributed by atoms with Crippen molar-refractivity contribution in [1.82, 2.24) is 5.32 Å². The lowest BCUT2D eigenvalue weighted by Gasteiger charge is -2.20. The van der Waals surface area contributed by atoms with Gasteiger partial charge in [-0.05, 0) is 60.2 Å². The molecule has 0 saturated heterocycles. The SMILES string of the molecule is CCc1ccc(CC)c(CNC(=O)[C@H](CC)Oc2ccc(N(C)S(C)(=O)=O)cc2)c1. The number of ether oxygens (including phenoxy) is 1. The Morgan fingerprint density at radius 1 is 1.03 bits per heavy atom. The summed E-state index contributed by atoms with van der Waals surface area (Å²) in [6.07, 6.45) is 2.91. The van der Waals surface area contributed by atoms with Crippen LogP contribution in [-0.2, 0) is 34.2 Å². The summed E-state index contributed by atoms with van der Waals surface area (Å²) in [7, 11) is -1.83. The van der Waals surface area contributed by atoms with Gasteiger partial charge in [0.15, 0.2) is 6.10 Å². The van der Waals surface area contributed by atoms with Gasteiger partial charge in [-0.25, -0.2) is 8.42 Å². The maximum Gasteiger partial charge on any atom is 0.261 e. The predicted molar refractivity (Wildman–Crippen MR) is 121 cm³/mol. The molecule has 2 aromatic rings. The molecule has 0 spiro atoms. The standard InChI is InChI=1S/C23H32N2O4S/c1-6-17-9-10-18(7-2)19(15-17)16-24-23(26)22(8-3)29-21-13-11-20(12-14-21)25(4)30(5,27)28/h9-15,22H,6-8,16H2,1-5H3,(H,24,26)/t22-/m0/s1. The molecule has 164 valence electrons. The molecule has 0 aliphatic carbocycles. The third kappa shape index (κ3) is 6.23. The molecule has 1 N–H and O–H groups in total. The second kappa shape index (κ2) is 10.5. The van der Waals surface area contributed by atoms with E-state index in [9.17, 15) is 13.2 Å². The van der Waals surface area contributed by atoms with Gasteiger partial charge in [0.25, 0.3) is 5.91 Å². The summed E-state index contributed by atoms with van der Waals surface area (Å²) in [6, 6.07) is 13.1. The van der Waals surface area contributed by atoms with E-state index in [-0.39, 0.29) is 5.91 Å². The second-order valence-corrected chi connectivity index (χ2v) is 9.28. The molecule has 30 heavy (non-hydrogen) atoms. The van der Waals surface area contributed by atoms with Crippen LogP contribution in [0.25, 0.3) is 0 Å². The highest BCUT2D eigenvalue weighted by atomic mass is 32.2. The van der Waals surface area contributed by atoms with E-state index in [0.717, 1.165) is 24.7 Å². The third-order valence-corrected chi connectivity index (χ3v) is 6.36. The molecule has 2 rings (SSSR count). The first-order chi connectivity index (χ1) is 14.2. The van der Waals surface area contributed by atoms with Gasteiger partial charge in [0.1, 0.15) is 5.75 Å². The summed E-state index contributed by atoms with van der Waals surface area (Å²) in [5.74, 6) is 0.351. The number of sulfonamides is 1. The quantitative estimate of drug-likeness (QED) is 0.621. The smallest absolute Gasteiger partial charge is 0.261 e. The lowest BCUT2D eigenvalue weighted by atomic mass is 10.0. The van der Waals surface area contributed by atoms with E-state index in [2.05, 4.69) is 37.4 Å². The monoisotopic (exact) mass is 432 g/mol. The summed E-state index contributed by atoms with van der Waals surface area (Å²) in [4.78, 5) is 12.7. The minimum atomic E-state index is -3.33. The van der Waals surface area contributed by atoms with Crippen LogP contribution >= 0.6 is 0 Å². The van der Waals surface area contributed by atoms with Gasteiger partial charge < -0.3 is 10.1 Å². The van der Waals surface area contributed by atoms with Crippen LogP contribution in [0.2, 0.25) is 0 Å². The number of carbonyl (C=O) groups excluding carboxylic acids is 1. The van der Waals surface area contributed by atoms with Crippen LogP contribution in [-0.4, -0.2) is 33.7 Å². The molecule has 0 radical (unpaired) electrons. The number of nitrogens with one attached hydrogen (secondary N) is 1. The maximum absolute atomic E-state index is 12.7. The first-order valence-electron chi connectivity index (χ1n) is 10.3. The number of hydrogen-bond donors (Lipinski definition) is 1. The van der Waals surface area contributed by atoms with Crippen LogP contribution in [0, 0.1) is 0 Å². The summed E-state index contributed by atoms with van der Waals surface area (Å²) in [6.45, 7) is 6.58. The van der Waals surface area contributed by atoms with Gasteiger partial charge in [0, 0.05) is 13.6 Å². The van der Waals surface area contributed by atoms with Gasteiger partial charge in [-0.15, -0.1) is 0 Å². The molecular weight excluding hydrogens is 400 g/mol. The molecule has 0 aliphatic heterocycles. The van der Waals surface area contributed by atoms with Gasteiger partial charge >= 0.3 is 0 Å². The van der Waals surface area contributed by atoms with Gasteiger partial charge in [0.2, 0.25) is 10.0 Å². The van der Waals surface area contributed by atoms with Gasteiger partial charge in [-0.1, -0.05) is 39.0 Å². The fourth-order valence-corrected chi connectivity index (χ4v) is 3.62. The van der Waals surface area contributed by atoms with Crippen molar-refractivity contribution in [1.29, 1.82) is 0 Å². The highest BCUT2D eigenvalue weighted by Crippen LogP contribution is 2.21. The van der Waals surface area contributed by atoms with Crippen LogP contribution < -0.4 is 14.4 Å². The Hall–Kier alpha value is -2.54. The van der Waals surface area contributed by atoms with E-state index in [4.69, 9.17) is 4.74 Å². The molecule has 0 fully saturated rings. The first kappa shape index (κ1) is 23.7. The van der Waals surface area contributed by atoms with Crippen LogP contribution in [0.4, 0.5) is 5.69 Å². The van der Waals surface area contributed by atoms with Crippen molar-refractivity contribution in [2.24, 2.45) is 0 Å². The number of amides is 1. The van der Waals surface area contributed by atoms with Crippen molar-refractivity contribution in [3.8, 4) is 5.75 Å². The number of carbonyl (C=O) groups is 1. The maximum atomic E-state index is 12.7. The van der Waals surface area contributed by atoms with Crippen molar-refractivity contribution in [3.05, 3.63) is 59.2 Å². The molecule has 0 aliphatic rings. The molecule has 7 heteroatoms. The summed E-state index contributed by atoms with van der Waals surface area (Å²) < 4.78 is 30.3. The molecule has 0 saturated carbocycles. The molecule has 0 aromatic heterocycles. The molecule has 1 atom stereocenters. The molecule has 2 aromatic carbocycles. The molecule has 1 amide bonds. The lowest BCUT2D eigenvalue weighted by Crippen LogP contribution is -2.37. The number of benzene rings is 2. The summed E-state index contributed by atoms with van der Waals surface area (Å²) >= 11 is 0. The zero-order valence-corrected chi connectivity index (χ0v) is 19.3. The largest absolute Gasteiger partial charge is 0.481 e. The Kier molecular flexibility index (Phi) is 8.29. The predicted octanol–water partition coefficient (Wildman–Crippen LogP) is 3.68. The number of anilines is 1. The Morgan fingerprint density at radius 3 is 2.23 bits per heavy atom. The average Bonchev–Trinajstić information content (AvgIpc) is 2.74. The number of aryl methyl sites for hydroxylation is 2. The first-order valence-corrected chi connectivity index (χ1v) is 12.1. The van der Waals surface area contributed by atoms with Crippen LogP contribution in [0.1, 0.15) is 43.9 Å². The number of nitrogens with zero attached hydrogens (tertiary/aromatic N) is 1. The van der Waals surface area contributed by atoms with Crippen molar-refractivity contribution >= 4 is 21.6 Å². The van der Waals surface area contributed by atoms with Crippen molar-refractivity contribution in [3.63, 3.8) is 0 Å². The van der Waals surface area contributed by atoms with Crippen LogP contribution in [0.15, 0.2) is 42.5 Å². The van der Waals surface area contributed by atoms with E-state index in [1.807, 2.05) is 6.92 Å². The zero-order valence-electron chi connectivity index (χ0n) is 18.4. The van der Waals surface area contributed by atoms with Gasteiger partial charge in [-0.2, -0.15) is 0 Å². The Bertz CT molecular complexity index is 956. The highest BCUT2D eigenvalue weighted by molar-refractivity contribution is 7.92. The molecule has 0 unspecified atom stereocenters. The van der Waals surface area contributed by atoms with E-state index in [1.54, 1.807) is 24.3 Å². The summed E-state index contributed by atoms with van der Waals surface area (Å²) in [5.41, 5.74) is 4.14. The molecule has 0 heterocycles. The van der Waals surface area contributed by atoms with Crippen LogP contribution in [0.5, 0.6) is 5.75 Å². The minimum Gasteiger partial charge on any atom is -0.481 e. The Morgan fingerprint density at radius 2 is 1.70 bits per heavy atom. The fourth-order valence-electron chi connectivity index (χ4n) is 3.12. The third-order valence-electron chi connectivity index (χ3n) is 5.15. The molecular formula is C23H32N2O4S. The Labute approximate surface area is 180 Å².